The van der Waals surface area contributed by atoms with E-state index in [4.69, 9.17) is 4.98 Å². The highest BCUT2D eigenvalue weighted by Gasteiger charge is 2.62. The summed E-state index contributed by atoms with van der Waals surface area (Å²) < 4.78 is 41.3. The van der Waals surface area contributed by atoms with Gasteiger partial charge in [-0.15, -0.1) is 0 Å². The van der Waals surface area contributed by atoms with Gasteiger partial charge in [0.1, 0.15) is 17.2 Å². The summed E-state index contributed by atoms with van der Waals surface area (Å²) in [6, 6.07) is 4.44. The fraction of sp³-hybridized carbons (Fsp3) is 0.440. The van der Waals surface area contributed by atoms with Crippen LogP contribution in [-0.2, 0) is 6.18 Å². The van der Waals surface area contributed by atoms with E-state index >= 15 is 0 Å². The third kappa shape index (κ3) is 3.73. The van der Waals surface area contributed by atoms with E-state index in [0.29, 0.717) is 22.6 Å². The molecule has 1 unspecified atom stereocenters. The Balaban J connectivity index is 1.17. The molecule has 36 heavy (non-hydrogen) atoms. The van der Waals surface area contributed by atoms with E-state index in [0.717, 1.165) is 55.7 Å². The molecule has 0 bridgehead atoms. The molecule has 4 aromatic heterocycles. The lowest BCUT2D eigenvalue weighted by Crippen LogP contribution is -2.49. The number of halogens is 3. The van der Waals surface area contributed by atoms with Gasteiger partial charge in [-0.2, -0.15) is 18.3 Å². The predicted molar refractivity (Wildman–Crippen MR) is 126 cm³/mol. The zero-order valence-electron chi connectivity index (χ0n) is 19.5. The number of hydrogen-bond donors (Lipinski definition) is 1. The fourth-order valence-electron chi connectivity index (χ4n) is 5.71. The van der Waals surface area contributed by atoms with Crippen LogP contribution in [0.1, 0.15) is 36.4 Å². The van der Waals surface area contributed by atoms with E-state index in [-0.39, 0.29) is 6.04 Å². The van der Waals surface area contributed by atoms with E-state index in [1.54, 1.807) is 6.20 Å². The molecule has 1 spiro atoms. The normalized spacial score (nSPS) is 23.5. The minimum atomic E-state index is -4.44. The number of H-pyrrole nitrogens is 1. The molecule has 1 aliphatic heterocycles. The molecule has 7 rings (SSSR count). The standard InChI is InChI=1S/C25H25F3N8/c26-25(27,28)17-1-2-21-30-12-19(36(21)14-17)23-29-6-3-22(33-23)35-8-7-34(13-18-9-24(18)4-5-24)20(15-35)16-10-31-32-11-16/h1-3,6,10-12,14,18,20H,4-5,7-9,13,15H2,(H,31,32)/t18-,20?/m0/s1. The Kier molecular flexibility index (Phi) is 4.70. The number of imidazole rings is 1. The minimum absolute atomic E-state index is 0.192. The number of anilines is 1. The molecule has 2 atom stereocenters. The molecule has 3 aliphatic rings. The fourth-order valence-corrected chi connectivity index (χ4v) is 5.71. The van der Waals surface area contributed by atoms with Crippen LogP contribution in [0.2, 0.25) is 0 Å². The SMILES string of the molecule is FC(F)(F)c1ccc2ncc(-c3nccc(N4CCN(C[C@@H]5CC56CC6)C(c5cn[nH]c5)C4)n3)n2c1. The zero-order valence-corrected chi connectivity index (χ0v) is 19.5. The van der Waals surface area contributed by atoms with E-state index in [1.807, 2.05) is 18.5 Å². The second-order valence-corrected chi connectivity index (χ2v) is 10.3. The smallest absolute Gasteiger partial charge is 0.353 e. The number of nitrogens with zero attached hydrogens (tertiary/aromatic N) is 7. The zero-order chi connectivity index (χ0) is 24.5. The van der Waals surface area contributed by atoms with E-state index in [1.165, 1.54) is 35.9 Å². The number of aromatic amines is 1. The van der Waals surface area contributed by atoms with Gasteiger partial charge in [-0.1, -0.05) is 0 Å². The van der Waals surface area contributed by atoms with Crippen molar-refractivity contribution in [2.45, 2.75) is 31.5 Å². The van der Waals surface area contributed by atoms with Gasteiger partial charge in [-0.25, -0.2) is 15.0 Å². The summed E-state index contributed by atoms with van der Waals surface area (Å²) in [5.74, 6) is 1.90. The largest absolute Gasteiger partial charge is 0.417 e. The van der Waals surface area contributed by atoms with Crippen molar-refractivity contribution in [2.24, 2.45) is 11.3 Å². The molecule has 0 aromatic carbocycles. The molecule has 11 heteroatoms. The summed E-state index contributed by atoms with van der Waals surface area (Å²) >= 11 is 0. The molecule has 2 saturated carbocycles. The van der Waals surface area contributed by atoms with Crippen LogP contribution in [0.15, 0.2) is 49.2 Å². The summed E-state index contributed by atoms with van der Waals surface area (Å²) in [5.41, 5.74) is 1.90. The van der Waals surface area contributed by atoms with Gasteiger partial charge < -0.3 is 4.90 Å². The van der Waals surface area contributed by atoms with Gasteiger partial charge in [0, 0.05) is 50.3 Å². The highest BCUT2D eigenvalue weighted by molar-refractivity contribution is 5.59. The van der Waals surface area contributed by atoms with Gasteiger partial charge in [0.15, 0.2) is 5.82 Å². The Labute approximate surface area is 205 Å². The number of piperazine rings is 1. The van der Waals surface area contributed by atoms with Gasteiger partial charge in [-0.3, -0.25) is 14.4 Å². The van der Waals surface area contributed by atoms with Crippen molar-refractivity contribution in [1.82, 2.24) is 34.4 Å². The van der Waals surface area contributed by atoms with Crippen molar-refractivity contribution >= 4 is 11.5 Å². The van der Waals surface area contributed by atoms with E-state index in [9.17, 15) is 13.2 Å². The molecule has 1 saturated heterocycles. The van der Waals surface area contributed by atoms with Crippen LogP contribution in [0.3, 0.4) is 0 Å². The van der Waals surface area contributed by atoms with Crippen LogP contribution >= 0.6 is 0 Å². The number of pyridine rings is 1. The van der Waals surface area contributed by atoms with E-state index < -0.39 is 11.7 Å². The van der Waals surface area contributed by atoms with Crippen molar-refractivity contribution < 1.29 is 13.2 Å². The molecule has 4 aromatic rings. The number of alkyl halides is 3. The first-order valence-electron chi connectivity index (χ1n) is 12.3. The molecular formula is C25H25F3N8. The van der Waals surface area contributed by atoms with Crippen molar-refractivity contribution in [3.05, 3.63) is 60.3 Å². The van der Waals surface area contributed by atoms with Crippen LogP contribution in [-0.4, -0.2) is 60.6 Å². The van der Waals surface area contributed by atoms with Crippen molar-refractivity contribution in [1.29, 1.82) is 0 Å². The summed E-state index contributed by atoms with van der Waals surface area (Å²) in [6.45, 7) is 3.59. The van der Waals surface area contributed by atoms with Crippen molar-refractivity contribution in [2.75, 3.05) is 31.1 Å². The minimum Gasteiger partial charge on any atom is -0.353 e. The Morgan fingerprint density at radius 1 is 1.08 bits per heavy atom. The molecular weight excluding hydrogens is 469 g/mol. The summed E-state index contributed by atoms with van der Waals surface area (Å²) in [6.07, 6.45) is 7.75. The van der Waals surface area contributed by atoms with Crippen molar-refractivity contribution in [3.63, 3.8) is 0 Å². The quantitative estimate of drug-likeness (QED) is 0.448. The van der Waals surface area contributed by atoms with Gasteiger partial charge in [0.25, 0.3) is 0 Å². The first-order chi connectivity index (χ1) is 17.4. The maximum absolute atomic E-state index is 13.3. The molecule has 0 radical (unpaired) electrons. The van der Waals surface area contributed by atoms with Crippen molar-refractivity contribution in [3.8, 4) is 11.5 Å². The van der Waals surface area contributed by atoms with Crippen LogP contribution in [0.25, 0.3) is 17.2 Å². The van der Waals surface area contributed by atoms with Crippen LogP contribution < -0.4 is 4.90 Å². The van der Waals surface area contributed by atoms with Gasteiger partial charge >= 0.3 is 6.18 Å². The molecule has 1 N–H and O–H groups in total. The summed E-state index contributed by atoms with van der Waals surface area (Å²) in [4.78, 5) is 18.2. The lowest BCUT2D eigenvalue weighted by atomic mass is 10.0. The number of fused-ring (bicyclic) bond motifs is 1. The molecule has 186 valence electrons. The average molecular weight is 495 g/mol. The third-order valence-corrected chi connectivity index (χ3v) is 8.13. The second kappa shape index (κ2) is 7.76. The number of nitrogens with one attached hydrogen (secondary N) is 1. The van der Waals surface area contributed by atoms with Crippen LogP contribution in [0.5, 0.6) is 0 Å². The summed E-state index contributed by atoms with van der Waals surface area (Å²) in [5, 5.41) is 7.13. The maximum atomic E-state index is 13.3. The van der Waals surface area contributed by atoms with Gasteiger partial charge in [0.2, 0.25) is 0 Å². The number of rotatable bonds is 5. The first-order valence-corrected chi connectivity index (χ1v) is 12.3. The first kappa shape index (κ1) is 21.8. The van der Waals surface area contributed by atoms with Gasteiger partial charge in [0.05, 0.1) is 24.0 Å². The number of hydrogen-bond acceptors (Lipinski definition) is 6. The molecule has 8 nitrogen and oxygen atoms in total. The average Bonchev–Trinajstić information content (AvgIpc) is 3.61. The predicted octanol–water partition coefficient (Wildman–Crippen LogP) is 4.20. The van der Waals surface area contributed by atoms with Crippen LogP contribution in [0, 0.1) is 11.3 Å². The molecule has 3 fully saturated rings. The van der Waals surface area contributed by atoms with Gasteiger partial charge in [-0.05, 0) is 48.8 Å². The Morgan fingerprint density at radius 3 is 2.72 bits per heavy atom. The molecule has 0 amide bonds. The summed E-state index contributed by atoms with van der Waals surface area (Å²) in [7, 11) is 0. The third-order valence-electron chi connectivity index (χ3n) is 8.13. The molecule has 2 aliphatic carbocycles. The lowest BCUT2D eigenvalue weighted by molar-refractivity contribution is -0.137. The maximum Gasteiger partial charge on any atom is 0.417 e. The Morgan fingerprint density at radius 2 is 1.97 bits per heavy atom. The monoisotopic (exact) mass is 494 g/mol. The lowest BCUT2D eigenvalue weighted by Gasteiger charge is -2.42. The topological polar surface area (TPSA) is 78.2 Å². The van der Waals surface area contributed by atoms with E-state index in [2.05, 4.69) is 30.0 Å². The second-order valence-electron chi connectivity index (χ2n) is 10.3. The van der Waals surface area contributed by atoms with Crippen LogP contribution in [0.4, 0.5) is 19.0 Å². The molecule has 5 heterocycles. The Hall–Kier alpha value is -3.47. The number of aromatic nitrogens is 6. The Bertz CT molecular complexity index is 1410. The highest BCUT2D eigenvalue weighted by atomic mass is 19.4. The highest BCUT2D eigenvalue weighted by Crippen LogP contribution is 2.70.